The molecule has 0 saturated carbocycles. The molecular weight excluding hydrogens is 256 g/mol. The first kappa shape index (κ1) is 12.9. The summed E-state index contributed by atoms with van der Waals surface area (Å²) in [6, 6.07) is 3.64. The van der Waals surface area contributed by atoms with E-state index >= 15 is 0 Å². The van der Waals surface area contributed by atoms with Gasteiger partial charge in [-0.1, -0.05) is 0 Å². The molecule has 106 valence electrons. The number of methoxy groups -OCH3 is 1. The van der Waals surface area contributed by atoms with Gasteiger partial charge in [0.2, 0.25) is 0 Å². The maximum absolute atomic E-state index is 11.9. The summed E-state index contributed by atoms with van der Waals surface area (Å²) in [5.74, 6) is 0.715. The van der Waals surface area contributed by atoms with Gasteiger partial charge in [-0.15, -0.1) is 0 Å². The minimum absolute atomic E-state index is 0.288. The smallest absolute Gasteiger partial charge is 0.359 e. The van der Waals surface area contributed by atoms with Gasteiger partial charge < -0.3 is 20.2 Å². The number of anilines is 1. The molecule has 0 aliphatic carbocycles. The molecule has 0 spiro atoms. The van der Waals surface area contributed by atoms with Crippen LogP contribution in [0.25, 0.3) is 5.52 Å². The van der Waals surface area contributed by atoms with Crippen molar-refractivity contribution in [3.8, 4) is 0 Å². The number of nitrogen functional groups attached to an aromatic ring is 1. The molecule has 2 aromatic rings. The molecule has 6 nitrogen and oxygen atoms in total. The number of rotatable bonds is 2. The third-order valence-corrected chi connectivity index (χ3v) is 3.76. The van der Waals surface area contributed by atoms with E-state index in [2.05, 4.69) is 10.3 Å². The number of aromatic nitrogens is 2. The SMILES string of the molecule is COC(=O)c1nc(C2CCCNC2)n2cccc(N)c12. The first-order chi connectivity index (χ1) is 9.72. The minimum Gasteiger partial charge on any atom is -0.464 e. The molecule has 1 saturated heterocycles. The van der Waals surface area contributed by atoms with Crippen molar-refractivity contribution < 1.29 is 9.53 Å². The van der Waals surface area contributed by atoms with Crippen LogP contribution in [0.1, 0.15) is 35.1 Å². The van der Waals surface area contributed by atoms with E-state index in [9.17, 15) is 4.79 Å². The van der Waals surface area contributed by atoms with Crippen molar-refractivity contribution in [3.05, 3.63) is 29.8 Å². The fraction of sp³-hybridized carbons (Fsp3) is 0.429. The lowest BCUT2D eigenvalue weighted by molar-refractivity contribution is 0.0596. The van der Waals surface area contributed by atoms with Crippen molar-refractivity contribution in [3.63, 3.8) is 0 Å². The highest BCUT2D eigenvalue weighted by Crippen LogP contribution is 2.28. The van der Waals surface area contributed by atoms with Gasteiger partial charge in [-0.2, -0.15) is 0 Å². The van der Waals surface area contributed by atoms with Crippen molar-refractivity contribution in [2.24, 2.45) is 0 Å². The molecule has 2 aromatic heterocycles. The summed E-state index contributed by atoms with van der Waals surface area (Å²) < 4.78 is 6.73. The fourth-order valence-corrected chi connectivity index (χ4v) is 2.79. The normalized spacial score (nSPS) is 19.1. The number of fused-ring (bicyclic) bond motifs is 1. The summed E-state index contributed by atoms with van der Waals surface area (Å²) in [6.07, 6.45) is 4.06. The van der Waals surface area contributed by atoms with Crippen LogP contribution in [0.3, 0.4) is 0 Å². The van der Waals surface area contributed by atoms with E-state index in [1.807, 2.05) is 16.7 Å². The van der Waals surface area contributed by atoms with Gasteiger partial charge in [-0.25, -0.2) is 9.78 Å². The number of carbonyl (C=O) groups excluding carboxylic acids is 1. The number of hydrogen-bond donors (Lipinski definition) is 2. The molecule has 1 unspecified atom stereocenters. The Morgan fingerprint density at radius 3 is 3.15 bits per heavy atom. The van der Waals surface area contributed by atoms with Crippen LogP contribution in [-0.2, 0) is 4.74 Å². The van der Waals surface area contributed by atoms with E-state index < -0.39 is 5.97 Å². The number of nitrogens with one attached hydrogen (secondary N) is 1. The fourth-order valence-electron chi connectivity index (χ4n) is 2.79. The summed E-state index contributed by atoms with van der Waals surface area (Å²) in [5, 5.41) is 3.36. The van der Waals surface area contributed by atoms with Crippen LogP contribution in [0.4, 0.5) is 5.69 Å². The zero-order valence-corrected chi connectivity index (χ0v) is 11.4. The molecule has 1 aliphatic rings. The third-order valence-electron chi connectivity index (χ3n) is 3.76. The average molecular weight is 274 g/mol. The van der Waals surface area contributed by atoms with Crippen LogP contribution in [0.15, 0.2) is 18.3 Å². The Kier molecular flexibility index (Phi) is 3.31. The number of piperidine rings is 1. The second-order valence-corrected chi connectivity index (χ2v) is 5.04. The van der Waals surface area contributed by atoms with Crippen LogP contribution < -0.4 is 11.1 Å². The maximum atomic E-state index is 11.9. The van der Waals surface area contributed by atoms with Gasteiger partial charge in [0.25, 0.3) is 0 Å². The van der Waals surface area contributed by atoms with Gasteiger partial charge >= 0.3 is 5.97 Å². The maximum Gasteiger partial charge on any atom is 0.359 e. The Balaban J connectivity index is 2.17. The highest BCUT2D eigenvalue weighted by Gasteiger charge is 2.25. The van der Waals surface area contributed by atoms with Crippen molar-refractivity contribution in [1.29, 1.82) is 0 Å². The zero-order valence-electron chi connectivity index (χ0n) is 11.4. The van der Waals surface area contributed by atoms with Crippen LogP contribution >= 0.6 is 0 Å². The lowest BCUT2D eigenvalue weighted by Crippen LogP contribution is -2.29. The zero-order chi connectivity index (χ0) is 14.1. The van der Waals surface area contributed by atoms with Gasteiger partial charge in [0.05, 0.1) is 12.8 Å². The Labute approximate surface area is 116 Å². The highest BCUT2D eigenvalue weighted by atomic mass is 16.5. The summed E-state index contributed by atoms with van der Waals surface area (Å²) in [6.45, 7) is 1.90. The Hall–Kier alpha value is -2.08. The topological polar surface area (TPSA) is 81.6 Å². The number of esters is 1. The molecule has 1 aliphatic heterocycles. The number of imidazole rings is 1. The Morgan fingerprint density at radius 2 is 2.45 bits per heavy atom. The van der Waals surface area contributed by atoms with Crippen molar-refractivity contribution >= 4 is 17.2 Å². The summed E-state index contributed by atoms with van der Waals surface area (Å²) in [5.41, 5.74) is 7.48. The van der Waals surface area contributed by atoms with Gasteiger partial charge in [0.15, 0.2) is 5.69 Å². The van der Waals surface area contributed by atoms with Crippen LogP contribution in [0.2, 0.25) is 0 Å². The number of nitrogens with two attached hydrogens (primary N) is 1. The number of ether oxygens (including phenoxy) is 1. The molecule has 0 radical (unpaired) electrons. The minimum atomic E-state index is -0.449. The van der Waals surface area contributed by atoms with Crippen LogP contribution in [-0.4, -0.2) is 35.6 Å². The lowest BCUT2D eigenvalue weighted by Gasteiger charge is -2.21. The molecule has 20 heavy (non-hydrogen) atoms. The summed E-state index contributed by atoms with van der Waals surface area (Å²) >= 11 is 0. The van der Waals surface area contributed by atoms with Gasteiger partial charge in [0.1, 0.15) is 11.3 Å². The monoisotopic (exact) mass is 274 g/mol. The Morgan fingerprint density at radius 1 is 1.60 bits per heavy atom. The second kappa shape index (κ2) is 5.13. The van der Waals surface area contributed by atoms with E-state index in [1.54, 1.807) is 6.07 Å². The van der Waals surface area contributed by atoms with Crippen LogP contribution in [0, 0.1) is 0 Å². The van der Waals surface area contributed by atoms with Crippen molar-refractivity contribution in [1.82, 2.24) is 14.7 Å². The number of carbonyl (C=O) groups is 1. The van der Waals surface area contributed by atoms with E-state index in [4.69, 9.17) is 10.5 Å². The lowest BCUT2D eigenvalue weighted by atomic mass is 9.99. The largest absolute Gasteiger partial charge is 0.464 e. The van der Waals surface area contributed by atoms with Crippen LogP contribution in [0.5, 0.6) is 0 Å². The van der Waals surface area contributed by atoms with E-state index in [1.165, 1.54) is 7.11 Å². The van der Waals surface area contributed by atoms with Crippen molar-refractivity contribution in [2.75, 3.05) is 25.9 Å². The number of pyridine rings is 1. The number of hydrogen-bond acceptors (Lipinski definition) is 5. The first-order valence-electron chi connectivity index (χ1n) is 6.78. The highest BCUT2D eigenvalue weighted by molar-refractivity contribution is 5.98. The number of nitrogens with zero attached hydrogens (tertiary/aromatic N) is 2. The molecular formula is C14H18N4O2. The second-order valence-electron chi connectivity index (χ2n) is 5.04. The quantitative estimate of drug-likeness (QED) is 0.803. The van der Waals surface area contributed by atoms with E-state index in [-0.39, 0.29) is 5.92 Å². The molecule has 3 heterocycles. The molecule has 1 atom stereocenters. The van der Waals surface area contributed by atoms with E-state index in [0.717, 1.165) is 31.8 Å². The molecule has 3 N–H and O–H groups in total. The van der Waals surface area contributed by atoms with Crippen molar-refractivity contribution in [2.45, 2.75) is 18.8 Å². The average Bonchev–Trinajstić information content (AvgIpc) is 2.88. The molecule has 1 fully saturated rings. The van der Waals surface area contributed by atoms with E-state index in [0.29, 0.717) is 16.9 Å². The molecule has 3 rings (SSSR count). The van der Waals surface area contributed by atoms with Gasteiger partial charge in [-0.05, 0) is 31.5 Å². The summed E-state index contributed by atoms with van der Waals surface area (Å²) in [4.78, 5) is 16.4. The van der Waals surface area contributed by atoms with Gasteiger partial charge in [0, 0.05) is 18.7 Å². The molecule has 0 bridgehead atoms. The molecule has 0 amide bonds. The van der Waals surface area contributed by atoms with Gasteiger partial charge in [-0.3, -0.25) is 0 Å². The molecule has 0 aromatic carbocycles. The predicted octanol–water partition coefficient (Wildman–Crippen LogP) is 1.17. The summed E-state index contributed by atoms with van der Waals surface area (Å²) in [7, 11) is 1.36. The Bertz CT molecular complexity index is 644. The molecule has 6 heteroatoms. The first-order valence-corrected chi connectivity index (χ1v) is 6.78. The third kappa shape index (κ3) is 2.02. The predicted molar refractivity (Wildman–Crippen MR) is 75.8 cm³/mol. The standard InChI is InChI=1S/C14H18N4O2/c1-20-14(19)11-12-10(15)5-3-7-18(12)13(17-11)9-4-2-6-16-8-9/h3,5,7,9,16H,2,4,6,8,15H2,1H3.